The molecule has 0 bridgehead atoms. The van der Waals surface area contributed by atoms with Gasteiger partial charge in [0.2, 0.25) is 0 Å². The number of rotatable bonds is 7. The van der Waals surface area contributed by atoms with Crippen LogP contribution in [0.1, 0.15) is 25.8 Å². The zero-order valence-corrected chi connectivity index (χ0v) is 20.3. The molecule has 0 fully saturated rings. The van der Waals surface area contributed by atoms with Gasteiger partial charge in [-0.2, -0.15) is 0 Å². The van der Waals surface area contributed by atoms with E-state index in [0.29, 0.717) is 17.1 Å². The molecule has 0 amide bonds. The van der Waals surface area contributed by atoms with Crippen LogP contribution in [0.15, 0.2) is 91.0 Å². The van der Waals surface area contributed by atoms with Gasteiger partial charge in [-0.15, -0.1) is 11.3 Å². The van der Waals surface area contributed by atoms with Crippen molar-refractivity contribution < 1.29 is 9.13 Å². The highest BCUT2D eigenvalue weighted by Crippen LogP contribution is 2.38. The third-order valence-electron chi connectivity index (χ3n) is 6.10. The van der Waals surface area contributed by atoms with E-state index in [1.807, 2.05) is 19.1 Å². The summed E-state index contributed by atoms with van der Waals surface area (Å²) in [6, 6.07) is 31.8. The van der Waals surface area contributed by atoms with Gasteiger partial charge in [0.05, 0.1) is 11.3 Å². The minimum absolute atomic E-state index is 0.271. The normalized spacial score (nSPS) is 11.1. The van der Waals surface area contributed by atoms with Gasteiger partial charge >= 0.3 is 0 Å². The molecule has 0 aliphatic heterocycles. The Labute approximate surface area is 204 Å². The van der Waals surface area contributed by atoms with Gasteiger partial charge in [0, 0.05) is 4.88 Å². The van der Waals surface area contributed by atoms with Crippen LogP contribution in [-0.2, 0) is 6.42 Å². The van der Waals surface area contributed by atoms with Crippen molar-refractivity contribution in [2.75, 3.05) is 6.61 Å². The first-order chi connectivity index (χ1) is 16.7. The SMILES string of the molecule is CCCc1ccc(-c2ccc(-c3ccc(-c4cc5ccc(OCC)c(F)c5s4)cc3)cc2)cc1. The van der Waals surface area contributed by atoms with Gasteiger partial charge in [0.15, 0.2) is 11.6 Å². The number of ether oxygens (including phenoxy) is 1. The second kappa shape index (κ2) is 9.82. The van der Waals surface area contributed by atoms with Crippen LogP contribution in [-0.4, -0.2) is 6.61 Å². The number of aryl methyl sites for hydroxylation is 1. The number of hydrogen-bond acceptors (Lipinski definition) is 2. The Morgan fingerprint density at radius 1 is 0.676 bits per heavy atom. The standard InChI is InChI=1S/C31H27FOS/c1-3-5-21-6-8-22(9-7-21)23-10-12-24(13-11-23)25-14-16-26(17-15-25)29-20-27-18-19-28(33-4-2)30(32)31(27)34-29/h6-20H,3-5H2,1-2H3. The fourth-order valence-electron chi connectivity index (χ4n) is 4.29. The first-order valence-electron chi connectivity index (χ1n) is 11.8. The molecule has 1 aromatic heterocycles. The van der Waals surface area contributed by atoms with Crippen molar-refractivity contribution in [3.63, 3.8) is 0 Å². The van der Waals surface area contributed by atoms with Crippen molar-refractivity contribution in [2.24, 2.45) is 0 Å². The number of hydrogen-bond donors (Lipinski definition) is 0. The van der Waals surface area contributed by atoms with E-state index in [4.69, 9.17) is 4.74 Å². The molecule has 0 atom stereocenters. The van der Waals surface area contributed by atoms with Crippen LogP contribution in [0.25, 0.3) is 42.8 Å². The van der Waals surface area contributed by atoms with E-state index in [0.717, 1.165) is 22.2 Å². The van der Waals surface area contributed by atoms with Gasteiger partial charge in [-0.1, -0.05) is 86.1 Å². The average molecular weight is 467 g/mol. The van der Waals surface area contributed by atoms with E-state index in [1.165, 1.54) is 45.6 Å². The third-order valence-corrected chi connectivity index (χ3v) is 7.30. The maximum Gasteiger partial charge on any atom is 0.182 e. The monoisotopic (exact) mass is 466 g/mol. The summed E-state index contributed by atoms with van der Waals surface area (Å²) >= 11 is 1.47. The Kier molecular flexibility index (Phi) is 6.46. The molecule has 5 rings (SSSR count). The lowest BCUT2D eigenvalue weighted by atomic mass is 9.98. The van der Waals surface area contributed by atoms with E-state index in [2.05, 4.69) is 79.7 Å². The first-order valence-corrected chi connectivity index (χ1v) is 12.6. The minimum atomic E-state index is -0.271. The van der Waals surface area contributed by atoms with Crippen molar-refractivity contribution in [1.82, 2.24) is 0 Å². The molecule has 0 spiro atoms. The fraction of sp³-hybridized carbons (Fsp3) is 0.161. The summed E-state index contributed by atoms with van der Waals surface area (Å²) in [5.41, 5.74) is 7.29. The Hall–Kier alpha value is -3.43. The zero-order chi connectivity index (χ0) is 23.5. The molecule has 1 nitrogen and oxygen atoms in total. The van der Waals surface area contributed by atoms with Gasteiger partial charge in [-0.25, -0.2) is 4.39 Å². The molecular weight excluding hydrogens is 439 g/mol. The van der Waals surface area contributed by atoms with Crippen molar-refractivity contribution in [1.29, 1.82) is 0 Å². The molecule has 34 heavy (non-hydrogen) atoms. The van der Waals surface area contributed by atoms with Crippen LogP contribution >= 0.6 is 11.3 Å². The lowest BCUT2D eigenvalue weighted by Gasteiger charge is -2.07. The lowest BCUT2D eigenvalue weighted by Crippen LogP contribution is -1.93. The molecule has 0 aliphatic rings. The first kappa shape index (κ1) is 22.4. The summed E-state index contributed by atoms with van der Waals surface area (Å²) in [7, 11) is 0. The number of thiophene rings is 1. The molecular formula is C31H27FOS. The summed E-state index contributed by atoms with van der Waals surface area (Å²) in [6.45, 7) is 4.53. The Balaban J connectivity index is 1.36. The van der Waals surface area contributed by atoms with Gasteiger partial charge in [0.25, 0.3) is 0 Å². The molecule has 0 radical (unpaired) electrons. The largest absolute Gasteiger partial charge is 0.491 e. The van der Waals surface area contributed by atoms with E-state index in [1.54, 1.807) is 6.07 Å². The van der Waals surface area contributed by atoms with Crippen molar-refractivity contribution in [3.8, 4) is 38.4 Å². The van der Waals surface area contributed by atoms with Crippen LogP contribution in [0.2, 0.25) is 0 Å². The van der Waals surface area contributed by atoms with E-state index >= 15 is 0 Å². The fourth-order valence-corrected chi connectivity index (χ4v) is 5.39. The minimum Gasteiger partial charge on any atom is -0.491 e. The zero-order valence-electron chi connectivity index (χ0n) is 19.5. The molecule has 0 saturated carbocycles. The Morgan fingerprint density at radius 3 is 1.74 bits per heavy atom. The van der Waals surface area contributed by atoms with Crippen LogP contribution < -0.4 is 4.74 Å². The van der Waals surface area contributed by atoms with E-state index in [9.17, 15) is 4.39 Å². The topological polar surface area (TPSA) is 9.23 Å². The summed E-state index contributed by atoms with van der Waals surface area (Å²) in [4.78, 5) is 1.05. The molecule has 4 aromatic carbocycles. The molecule has 170 valence electrons. The molecule has 0 N–H and O–H groups in total. The van der Waals surface area contributed by atoms with Crippen molar-refractivity contribution >= 4 is 21.4 Å². The van der Waals surface area contributed by atoms with Crippen LogP contribution in [0, 0.1) is 5.82 Å². The van der Waals surface area contributed by atoms with Crippen molar-refractivity contribution in [2.45, 2.75) is 26.7 Å². The molecule has 0 saturated heterocycles. The van der Waals surface area contributed by atoms with Crippen LogP contribution in [0.3, 0.4) is 0 Å². The lowest BCUT2D eigenvalue weighted by molar-refractivity contribution is 0.323. The quantitative estimate of drug-likeness (QED) is 0.232. The Morgan fingerprint density at radius 2 is 1.21 bits per heavy atom. The van der Waals surface area contributed by atoms with Gasteiger partial charge in [-0.05, 0) is 70.3 Å². The third kappa shape index (κ3) is 4.49. The van der Waals surface area contributed by atoms with Gasteiger partial charge in [0.1, 0.15) is 0 Å². The maximum absolute atomic E-state index is 14.8. The summed E-state index contributed by atoms with van der Waals surface area (Å²) in [5, 5.41) is 0.906. The predicted molar refractivity (Wildman–Crippen MR) is 143 cm³/mol. The number of benzene rings is 4. The highest BCUT2D eigenvalue weighted by Gasteiger charge is 2.13. The predicted octanol–water partition coefficient (Wildman–Crippen LogP) is 9.39. The second-order valence-electron chi connectivity index (χ2n) is 8.44. The van der Waals surface area contributed by atoms with Gasteiger partial charge < -0.3 is 4.74 Å². The molecule has 1 heterocycles. The highest BCUT2D eigenvalue weighted by atomic mass is 32.1. The Bertz CT molecular complexity index is 1400. The second-order valence-corrected chi connectivity index (χ2v) is 9.49. The molecule has 5 aromatic rings. The summed E-state index contributed by atoms with van der Waals surface area (Å²) in [6.07, 6.45) is 2.29. The maximum atomic E-state index is 14.8. The van der Waals surface area contributed by atoms with Crippen LogP contribution in [0.5, 0.6) is 5.75 Å². The number of fused-ring (bicyclic) bond motifs is 1. The molecule has 3 heteroatoms. The van der Waals surface area contributed by atoms with Crippen LogP contribution in [0.4, 0.5) is 4.39 Å². The average Bonchev–Trinajstić information content (AvgIpc) is 3.32. The smallest absolute Gasteiger partial charge is 0.182 e. The summed E-state index contributed by atoms with van der Waals surface area (Å²) in [5.74, 6) is 0.0476. The highest BCUT2D eigenvalue weighted by molar-refractivity contribution is 7.22. The molecule has 0 unspecified atom stereocenters. The number of halogens is 1. The van der Waals surface area contributed by atoms with Crippen molar-refractivity contribution in [3.05, 3.63) is 102 Å². The van der Waals surface area contributed by atoms with Gasteiger partial charge in [-0.3, -0.25) is 0 Å². The summed E-state index contributed by atoms with van der Waals surface area (Å²) < 4.78 is 20.8. The van der Waals surface area contributed by atoms with E-state index < -0.39 is 0 Å². The molecule has 0 aliphatic carbocycles. The van der Waals surface area contributed by atoms with E-state index in [-0.39, 0.29) is 5.82 Å².